The normalized spacial score (nSPS) is 26.1. The molecule has 2 unspecified atom stereocenters. The van der Waals surface area contributed by atoms with Crippen molar-refractivity contribution in [1.82, 2.24) is 24.8 Å². The molecule has 0 aromatic carbocycles. The highest BCUT2D eigenvalue weighted by atomic mass is 19.1. The van der Waals surface area contributed by atoms with E-state index in [0.717, 1.165) is 32.5 Å². The SMILES string of the molecule is CCOc1cnc(NC(=O)N(C)C2CN(c3cc(NC(=O)OC45CCN(CC4)C5)ccn3)CCC2F)cn1. The van der Waals surface area contributed by atoms with Crippen LogP contribution in [0.3, 0.4) is 0 Å². The second kappa shape index (κ2) is 10.9. The summed E-state index contributed by atoms with van der Waals surface area (Å²) in [6.45, 7) is 5.65. The first-order chi connectivity index (χ1) is 18.3. The summed E-state index contributed by atoms with van der Waals surface area (Å²) in [5.74, 6) is 1.17. The van der Waals surface area contributed by atoms with Crippen molar-refractivity contribution in [3.05, 3.63) is 30.7 Å². The largest absolute Gasteiger partial charge is 0.477 e. The first-order valence-electron chi connectivity index (χ1n) is 12.9. The van der Waals surface area contributed by atoms with Crippen molar-refractivity contribution < 1.29 is 23.5 Å². The van der Waals surface area contributed by atoms with Gasteiger partial charge in [0, 0.05) is 70.6 Å². The van der Waals surface area contributed by atoms with Gasteiger partial charge in [-0.05, 0) is 19.4 Å². The maximum absolute atomic E-state index is 15.0. The molecule has 3 amide bonds. The molecule has 38 heavy (non-hydrogen) atoms. The molecule has 0 spiro atoms. The summed E-state index contributed by atoms with van der Waals surface area (Å²) in [4.78, 5) is 43.6. The van der Waals surface area contributed by atoms with Crippen LogP contribution in [0.15, 0.2) is 30.7 Å². The van der Waals surface area contributed by atoms with Crippen molar-refractivity contribution in [3.8, 4) is 5.88 Å². The lowest BCUT2D eigenvalue weighted by molar-refractivity contribution is 0.0404. The van der Waals surface area contributed by atoms with E-state index in [-0.39, 0.29) is 18.8 Å². The number of hydrogen-bond donors (Lipinski definition) is 2. The molecular formula is C25H33FN8O4. The van der Waals surface area contributed by atoms with Crippen LogP contribution in [0.2, 0.25) is 0 Å². The van der Waals surface area contributed by atoms with Crippen LogP contribution in [0.25, 0.3) is 0 Å². The van der Waals surface area contributed by atoms with E-state index in [1.165, 1.54) is 17.3 Å². The number of urea groups is 1. The summed E-state index contributed by atoms with van der Waals surface area (Å²) < 4.78 is 26.0. The fourth-order valence-electron chi connectivity index (χ4n) is 5.26. The Kier molecular flexibility index (Phi) is 7.45. The summed E-state index contributed by atoms with van der Waals surface area (Å²) in [6, 6.07) is 2.21. The standard InChI is InChI=1S/C25H33FN8O4/c1-3-37-22-14-28-20(13-29-22)31-23(35)32(2)19-15-34(9-5-18(19)26)21-12-17(4-8-27-21)30-24(36)38-25-6-10-33(16-25)11-7-25/h4,8,12-14,18-19H,3,5-7,9-11,15-16H2,1-2H3,(H,27,30,36)(H,28,31,35). The third-order valence-corrected chi connectivity index (χ3v) is 7.38. The number of halogens is 1. The van der Waals surface area contributed by atoms with E-state index in [0.29, 0.717) is 30.5 Å². The average Bonchev–Trinajstić information content (AvgIpc) is 3.50. The molecule has 2 N–H and O–H groups in total. The van der Waals surface area contributed by atoms with E-state index < -0.39 is 29.9 Å². The number of ether oxygens (including phenoxy) is 2. The second-order valence-corrected chi connectivity index (χ2v) is 9.91. The molecule has 0 saturated carbocycles. The number of alkyl halides is 1. The molecule has 2 atom stereocenters. The maximum Gasteiger partial charge on any atom is 0.412 e. The Hall–Kier alpha value is -3.74. The van der Waals surface area contributed by atoms with E-state index in [1.54, 1.807) is 25.4 Å². The lowest BCUT2D eigenvalue weighted by Gasteiger charge is -2.40. The topological polar surface area (TPSA) is 125 Å². The Morgan fingerprint density at radius 1 is 1.18 bits per heavy atom. The number of nitrogens with zero attached hydrogens (tertiary/aromatic N) is 6. The van der Waals surface area contributed by atoms with Crippen molar-refractivity contribution in [1.29, 1.82) is 0 Å². The predicted molar refractivity (Wildman–Crippen MR) is 138 cm³/mol. The number of piperidine rings is 2. The fourth-order valence-corrected chi connectivity index (χ4v) is 5.26. The number of fused-ring (bicyclic) bond motifs is 2. The first kappa shape index (κ1) is 25.9. The third-order valence-electron chi connectivity index (χ3n) is 7.38. The number of aromatic nitrogens is 3. The zero-order valence-corrected chi connectivity index (χ0v) is 21.6. The summed E-state index contributed by atoms with van der Waals surface area (Å²) in [6.07, 6.45) is 4.64. The molecule has 3 saturated heterocycles. The number of carbonyl (C=O) groups excluding carboxylic acids is 2. The van der Waals surface area contributed by atoms with Gasteiger partial charge in [0.15, 0.2) is 5.82 Å². The summed E-state index contributed by atoms with van der Waals surface area (Å²) in [5.41, 5.74) is 0.154. The van der Waals surface area contributed by atoms with Gasteiger partial charge in [-0.1, -0.05) is 0 Å². The number of amides is 3. The first-order valence-corrected chi connectivity index (χ1v) is 12.9. The van der Waals surface area contributed by atoms with Crippen LogP contribution in [-0.4, -0.2) is 101 Å². The van der Waals surface area contributed by atoms with Gasteiger partial charge in [-0.15, -0.1) is 0 Å². The Balaban J connectivity index is 1.19. The molecule has 5 heterocycles. The van der Waals surface area contributed by atoms with Gasteiger partial charge in [-0.3, -0.25) is 15.5 Å². The van der Waals surface area contributed by atoms with Gasteiger partial charge in [0.25, 0.3) is 0 Å². The molecule has 3 aliphatic rings. The molecule has 2 aromatic heterocycles. The second-order valence-electron chi connectivity index (χ2n) is 9.91. The van der Waals surface area contributed by atoms with Crippen LogP contribution in [0.5, 0.6) is 5.88 Å². The van der Waals surface area contributed by atoms with Crippen molar-refractivity contribution >= 4 is 29.4 Å². The van der Waals surface area contributed by atoms with Crippen molar-refractivity contribution in [2.75, 3.05) is 61.9 Å². The van der Waals surface area contributed by atoms with Gasteiger partial charge in [0.2, 0.25) is 5.88 Å². The van der Waals surface area contributed by atoms with Gasteiger partial charge in [0.05, 0.1) is 25.0 Å². The van der Waals surface area contributed by atoms with Crippen LogP contribution >= 0.6 is 0 Å². The van der Waals surface area contributed by atoms with Gasteiger partial charge in [-0.25, -0.2) is 28.9 Å². The molecule has 0 aliphatic carbocycles. The zero-order valence-electron chi connectivity index (χ0n) is 21.6. The summed E-state index contributed by atoms with van der Waals surface area (Å²) >= 11 is 0. The molecule has 2 aromatic rings. The number of likely N-dealkylation sites (N-methyl/N-ethyl adjacent to an activating group) is 1. The Morgan fingerprint density at radius 3 is 2.68 bits per heavy atom. The Bertz CT molecular complexity index is 1140. The lowest BCUT2D eigenvalue weighted by atomic mass is 10.00. The predicted octanol–water partition coefficient (Wildman–Crippen LogP) is 2.75. The molecule has 2 bridgehead atoms. The van der Waals surface area contributed by atoms with E-state index in [9.17, 15) is 14.0 Å². The molecule has 3 fully saturated rings. The van der Waals surface area contributed by atoms with Crippen molar-refractivity contribution in [2.24, 2.45) is 0 Å². The maximum atomic E-state index is 15.0. The van der Waals surface area contributed by atoms with E-state index in [2.05, 4.69) is 30.5 Å². The van der Waals surface area contributed by atoms with Gasteiger partial charge in [0.1, 0.15) is 17.6 Å². The monoisotopic (exact) mass is 528 g/mol. The van der Waals surface area contributed by atoms with E-state index in [4.69, 9.17) is 9.47 Å². The van der Waals surface area contributed by atoms with Gasteiger partial charge >= 0.3 is 12.1 Å². The highest BCUT2D eigenvalue weighted by Crippen LogP contribution is 2.36. The Morgan fingerprint density at radius 2 is 2.00 bits per heavy atom. The number of anilines is 3. The van der Waals surface area contributed by atoms with E-state index in [1.807, 2.05) is 11.8 Å². The fraction of sp³-hybridized carbons (Fsp3) is 0.560. The molecule has 5 rings (SSSR count). The smallest absolute Gasteiger partial charge is 0.412 e. The van der Waals surface area contributed by atoms with Gasteiger partial charge in [-0.2, -0.15) is 0 Å². The van der Waals surface area contributed by atoms with Crippen LogP contribution in [0.4, 0.5) is 31.3 Å². The molecule has 204 valence electrons. The number of carbonyl (C=O) groups is 2. The van der Waals surface area contributed by atoms with Crippen molar-refractivity contribution in [2.45, 2.75) is 44.0 Å². The van der Waals surface area contributed by atoms with Crippen LogP contribution in [0, 0.1) is 0 Å². The van der Waals surface area contributed by atoms with E-state index >= 15 is 0 Å². The minimum atomic E-state index is -1.21. The molecule has 0 radical (unpaired) electrons. The highest BCUT2D eigenvalue weighted by molar-refractivity contribution is 5.88. The molecule has 13 heteroatoms. The van der Waals surface area contributed by atoms with Crippen LogP contribution < -0.4 is 20.3 Å². The summed E-state index contributed by atoms with van der Waals surface area (Å²) in [5, 5.41) is 5.46. The number of nitrogens with one attached hydrogen (secondary N) is 2. The lowest BCUT2D eigenvalue weighted by Crippen LogP contribution is -2.55. The quantitative estimate of drug-likeness (QED) is 0.558. The van der Waals surface area contributed by atoms with Gasteiger partial charge < -0.3 is 19.3 Å². The molecular weight excluding hydrogens is 495 g/mol. The van der Waals surface area contributed by atoms with Crippen molar-refractivity contribution in [3.63, 3.8) is 0 Å². The number of hydrogen-bond acceptors (Lipinski definition) is 9. The minimum Gasteiger partial charge on any atom is -0.477 e. The number of rotatable bonds is 7. The average molecular weight is 529 g/mol. The van der Waals surface area contributed by atoms with Crippen LogP contribution in [0.1, 0.15) is 26.2 Å². The summed E-state index contributed by atoms with van der Waals surface area (Å²) in [7, 11) is 1.55. The molecule has 12 nitrogen and oxygen atoms in total. The molecule has 3 aliphatic heterocycles. The Labute approximate surface area is 220 Å². The van der Waals surface area contributed by atoms with Crippen LogP contribution in [-0.2, 0) is 4.74 Å². The minimum absolute atomic E-state index is 0.228. The highest BCUT2D eigenvalue weighted by Gasteiger charge is 2.47. The number of pyridine rings is 1. The third kappa shape index (κ3) is 5.72. The zero-order chi connectivity index (χ0) is 26.7.